The molecule has 0 atom stereocenters. The highest BCUT2D eigenvalue weighted by atomic mass is 32.1. The Morgan fingerprint density at radius 1 is 1.28 bits per heavy atom. The summed E-state index contributed by atoms with van der Waals surface area (Å²) in [6.07, 6.45) is 0. The van der Waals surface area contributed by atoms with E-state index in [9.17, 15) is 20.0 Å². The highest BCUT2D eigenvalue weighted by Crippen LogP contribution is 2.28. The lowest BCUT2D eigenvalue weighted by atomic mass is 10.0. The molecule has 0 aliphatic heterocycles. The molecule has 0 aliphatic carbocycles. The van der Waals surface area contributed by atoms with E-state index in [1.54, 1.807) is 26.0 Å². The summed E-state index contributed by atoms with van der Waals surface area (Å²) < 4.78 is 5.28. The van der Waals surface area contributed by atoms with E-state index in [1.165, 1.54) is 30.3 Å². The van der Waals surface area contributed by atoms with Crippen molar-refractivity contribution in [3.05, 3.63) is 74.1 Å². The average Bonchev–Trinajstić information content (AvgIpc) is 2.66. The van der Waals surface area contributed by atoms with Crippen molar-refractivity contribution in [1.29, 1.82) is 0 Å². The molecular formula is C19H16N4O5S. The highest BCUT2D eigenvalue weighted by molar-refractivity contribution is 7.80. The predicted octanol–water partition coefficient (Wildman–Crippen LogP) is 3.43. The first-order chi connectivity index (χ1) is 13.8. The maximum Gasteiger partial charge on any atom is 0.336 e. The fourth-order valence-corrected chi connectivity index (χ4v) is 2.93. The molecule has 0 radical (unpaired) electrons. The number of rotatable bonds is 4. The number of fused-ring (bicyclic) bond motifs is 1. The number of nitrogens with zero attached hydrogens (tertiary/aromatic N) is 2. The minimum Gasteiger partial charge on any atom is -0.507 e. The molecule has 9 nitrogen and oxygen atoms in total. The number of hydrazone groups is 1. The van der Waals surface area contributed by atoms with Gasteiger partial charge in [0.25, 0.3) is 5.69 Å². The van der Waals surface area contributed by atoms with E-state index in [4.69, 9.17) is 16.6 Å². The van der Waals surface area contributed by atoms with E-state index in [0.29, 0.717) is 22.3 Å². The smallest absolute Gasteiger partial charge is 0.336 e. The maximum atomic E-state index is 11.8. The molecule has 1 aromatic heterocycles. The molecule has 2 aromatic carbocycles. The number of nitrogens with one attached hydrogen (secondary N) is 2. The second-order valence-electron chi connectivity index (χ2n) is 6.16. The minimum atomic E-state index is -0.537. The van der Waals surface area contributed by atoms with E-state index in [1.807, 2.05) is 0 Å². The number of hydrogen-bond acceptors (Lipinski definition) is 7. The molecule has 0 fully saturated rings. The van der Waals surface area contributed by atoms with Gasteiger partial charge in [0.15, 0.2) is 10.7 Å². The Morgan fingerprint density at radius 2 is 2.03 bits per heavy atom. The van der Waals surface area contributed by atoms with Gasteiger partial charge in [0.1, 0.15) is 5.75 Å². The topological polar surface area (TPSA) is 130 Å². The fraction of sp³-hybridized carbons (Fsp3) is 0.105. The third-order valence-corrected chi connectivity index (χ3v) is 4.29. The van der Waals surface area contributed by atoms with Crippen molar-refractivity contribution in [1.82, 2.24) is 5.43 Å². The van der Waals surface area contributed by atoms with Crippen molar-refractivity contribution in [3.63, 3.8) is 0 Å². The van der Waals surface area contributed by atoms with Crippen molar-refractivity contribution in [2.24, 2.45) is 5.10 Å². The number of benzene rings is 2. The van der Waals surface area contributed by atoms with Gasteiger partial charge in [-0.25, -0.2) is 4.79 Å². The normalized spacial score (nSPS) is 11.3. The van der Waals surface area contributed by atoms with Crippen LogP contribution in [0.15, 0.2) is 56.8 Å². The number of phenolic OH excluding ortho intramolecular Hbond substituents is 1. The largest absolute Gasteiger partial charge is 0.507 e. The van der Waals surface area contributed by atoms with Crippen LogP contribution in [0, 0.1) is 17.0 Å². The Bertz CT molecular complexity index is 1220. The summed E-state index contributed by atoms with van der Waals surface area (Å²) in [5.41, 5.74) is 3.92. The predicted molar refractivity (Wildman–Crippen MR) is 114 cm³/mol. The molecule has 10 heteroatoms. The number of non-ortho nitro benzene ring substituents is 1. The fourth-order valence-electron chi connectivity index (χ4n) is 2.77. The molecule has 0 amide bonds. The Morgan fingerprint density at radius 3 is 2.76 bits per heavy atom. The van der Waals surface area contributed by atoms with Crippen LogP contribution in [-0.2, 0) is 0 Å². The summed E-state index contributed by atoms with van der Waals surface area (Å²) in [7, 11) is 0. The number of aryl methyl sites for hydroxylation is 1. The Kier molecular flexibility index (Phi) is 5.55. The lowest BCUT2D eigenvalue weighted by Gasteiger charge is -2.10. The van der Waals surface area contributed by atoms with Crippen molar-refractivity contribution >= 4 is 45.4 Å². The molecule has 0 aliphatic rings. The van der Waals surface area contributed by atoms with Gasteiger partial charge in [-0.1, -0.05) is 6.07 Å². The van der Waals surface area contributed by atoms with Gasteiger partial charge in [-0.2, -0.15) is 5.10 Å². The third-order valence-electron chi connectivity index (χ3n) is 4.10. The van der Waals surface area contributed by atoms with Crippen LogP contribution in [0.3, 0.4) is 0 Å². The number of nitro groups is 1. The molecule has 148 valence electrons. The van der Waals surface area contributed by atoms with Gasteiger partial charge in [-0.15, -0.1) is 0 Å². The number of aromatic hydroxyl groups is 1. The van der Waals surface area contributed by atoms with Gasteiger partial charge < -0.3 is 14.8 Å². The van der Waals surface area contributed by atoms with Gasteiger partial charge in [-0.3, -0.25) is 15.5 Å². The summed E-state index contributed by atoms with van der Waals surface area (Å²) in [6.45, 7) is 3.38. The molecule has 0 bridgehead atoms. The van der Waals surface area contributed by atoms with E-state index in [0.717, 1.165) is 0 Å². The van der Waals surface area contributed by atoms with Crippen LogP contribution >= 0.6 is 12.2 Å². The average molecular weight is 412 g/mol. The quantitative estimate of drug-likeness (QED) is 0.195. The zero-order valence-electron chi connectivity index (χ0n) is 15.4. The lowest BCUT2D eigenvalue weighted by Crippen LogP contribution is -2.25. The lowest BCUT2D eigenvalue weighted by molar-refractivity contribution is -0.384. The van der Waals surface area contributed by atoms with Gasteiger partial charge >= 0.3 is 5.63 Å². The van der Waals surface area contributed by atoms with Crippen molar-refractivity contribution in [2.45, 2.75) is 13.8 Å². The Balaban J connectivity index is 1.86. The monoisotopic (exact) mass is 412 g/mol. The third kappa shape index (κ3) is 4.38. The van der Waals surface area contributed by atoms with Crippen LogP contribution in [0.25, 0.3) is 11.0 Å². The molecule has 29 heavy (non-hydrogen) atoms. The Hall–Kier alpha value is -3.79. The van der Waals surface area contributed by atoms with Crippen LogP contribution < -0.4 is 16.4 Å². The summed E-state index contributed by atoms with van der Waals surface area (Å²) in [5, 5.41) is 28.8. The maximum absolute atomic E-state index is 11.8. The number of phenols is 1. The van der Waals surface area contributed by atoms with E-state index < -0.39 is 10.5 Å². The second kappa shape index (κ2) is 8.07. The summed E-state index contributed by atoms with van der Waals surface area (Å²) in [5.74, 6) is -0.105. The first kappa shape index (κ1) is 20.0. The van der Waals surface area contributed by atoms with Crippen LogP contribution in [0.2, 0.25) is 0 Å². The van der Waals surface area contributed by atoms with Gasteiger partial charge in [0, 0.05) is 29.3 Å². The zero-order valence-corrected chi connectivity index (χ0v) is 16.2. The molecule has 0 saturated heterocycles. The minimum absolute atomic E-state index is 0.0800. The Labute approximate surface area is 169 Å². The molecule has 3 aromatic rings. The second-order valence-corrected chi connectivity index (χ2v) is 6.56. The van der Waals surface area contributed by atoms with Crippen molar-refractivity contribution < 1.29 is 14.4 Å². The van der Waals surface area contributed by atoms with Crippen LogP contribution in [0.5, 0.6) is 5.75 Å². The molecule has 0 saturated carbocycles. The number of nitro benzene ring substituents is 1. The van der Waals surface area contributed by atoms with Crippen LogP contribution in [0.4, 0.5) is 11.4 Å². The molecule has 0 unspecified atom stereocenters. The first-order valence-corrected chi connectivity index (χ1v) is 8.79. The molecule has 3 rings (SSSR count). The van der Waals surface area contributed by atoms with Crippen molar-refractivity contribution in [2.75, 3.05) is 5.32 Å². The summed E-state index contributed by atoms with van der Waals surface area (Å²) in [4.78, 5) is 22.1. The SMILES string of the molecule is C/C(=N\NC(=S)Nc1cccc([N+](=O)[O-])c1)c1c(O)ccc2c(C)cc(=O)oc12. The first-order valence-electron chi connectivity index (χ1n) is 8.39. The standard InChI is InChI=1S/C19H16N4O5S/c1-10-8-16(25)28-18-14(10)6-7-15(24)17(18)11(2)21-22-19(29)20-12-4-3-5-13(9-12)23(26)27/h3-9,24H,1-2H3,(H2,20,22,29)/b21-11+. The number of hydrogen-bond donors (Lipinski definition) is 3. The number of thiocarbonyl (C=S) groups is 1. The molecule has 1 heterocycles. The van der Waals surface area contributed by atoms with Crippen LogP contribution in [-0.4, -0.2) is 20.9 Å². The van der Waals surface area contributed by atoms with E-state index in [-0.39, 0.29) is 27.7 Å². The van der Waals surface area contributed by atoms with Gasteiger partial charge in [0.05, 0.1) is 16.2 Å². The van der Waals surface area contributed by atoms with Crippen molar-refractivity contribution in [3.8, 4) is 5.75 Å². The van der Waals surface area contributed by atoms with Crippen LogP contribution in [0.1, 0.15) is 18.1 Å². The van der Waals surface area contributed by atoms with Gasteiger partial charge in [0.2, 0.25) is 0 Å². The molecule has 3 N–H and O–H groups in total. The molecular weight excluding hydrogens is 396 g/mol. The van der Waals surface area contributed by atoms with E-state index in [2.05, 4.69) is 15.8 Å². The van der Waals surface area contributed by atoms with E-state index >= 15 is 0 Å². The summed E-state index contributed by atoms with van der Waals surface area (Å²) in [6, 6.07) is 10.3. The molecule has 0 spiro atoms. The zero-order chi connectivity index (χ0) is 21.1. The highest BCUT2D eigenvalue weighted by Gasteiger charge is 2.15. The number of anilines is 1. The van der Waals surface area contributed by atoms with Gasteiger partial charge in [-0.05, 0) is 49.8 Å². The summed E-state index contributed by atoms with van der Waals surface area (Å²) >= 11 is 5.15.